The molecule has 0 aromatic carbocycles. The van der Waals surface area contributed by atoms with E-state index in [0.717, 1.165) is 0 Å². The molecule has 0 saturated heterocycles. The summed E-state index contributed by atoms with van der Waals surface area (Å²) in [4.78, 5) is 0. The molecule has 0 spiro atoms. The predicted octanol–water partition coefficient (Wildman–Crippen LogP) is 0.489. The Balaban J connectivity index is -0.000000000833. The maximum atomic E-state index is 8.33. The van der Waals surface area contributed by atoms with Crippen molar-refractivity contribution in [3.8, 4) is 0 Å². The molecule has 0 saturated carbocycles. The van der Waals surface area contributed by atoms with Crippen molar-refractivity contribution in [3.05, 3.63) is 0 Å². The first-order chi connectivity index (χ1) is 1.00. The van der Waals surface area contributed by atoms with Crippen molar-refractivity contribution in [2.45, 2.75) is 0 Å². The third kappa shape index (κ3) is 998. The van der Waals surface area contributed by atoms with Crippen LogP contribution in [0, 0.1) is 0 Å². The molecule has 0 heterocycles. The molecule has 6 heteroatoms. The normalized spacial score (nSPS) is 0.667. The van der Waals surface area contributed by atoms with Crippen molar-refractivity contribution < 1.29 is 42.0 Å². The zero-order valence-electron chi connectivity index (χ0n) is 2.45. The Morgan fingerprint density at radius 2 is 0.667 bits per heavy atom. The van der Waals surface area contributed by atoms with Crippen LogP contribution in [0.25, 0.3) is 0 Å². The zero-order valence-corrected chi connectivity index (χ0v) is 5.38. The molecule has 0 bridgehead atoms. The fourth-order valence-corrected chi connectivity index (χ4v) is 0. The summed E-state index contributed by atoms with van der Waals surface area (Å²) in [7, 11) is 0. The molecule has 6 heavy (non-hydrogen) atoms. The van der Waals surface area contributed by atoms with Gasteiger partial charge in [0.1, 0.15) is 0 Å². The minimum absolute atomic E-state index is 0. The Bertz CT molecular complexity index is 7.51. The first-order valence-electron chi connectivity index (χ1n) is 0.167. The van der Waals surface area contributed by atoms with Gasteiger partial charge in [-0.2, -0.15) is 0 Å². The number of hydrogen-bond acceptors (Lipinski definition) is 1. The predicted molar refractivity (Wildman–Crippen MR) is 10.7 cm³/mol. The molecular weight excluding hydrogens is 276 g/mol. The zero-order chi connectivity index (χ0) is 2.00. The molecule has 0 N–H and O–H groups in total. The van der Waals surface area contributed by atoms with Crippen LogP contribution >= 0.6 is 0 Å². The molecule has 0 amide bonds. The summed E-state index contributed by atoms with van der Waals surface area (Å²) in [6.45, 7) is 0. The van der Waals surface area contributed by atoms with E-state index in [4.69, 9.17) is 3.40 Å². The molecule has 0 aliphatic heterocycles. The van der Waals surface area contributed by atoms with E-state index >= 15 is 0 Å². The number of halogens is 4. The molecule has 0 radical (unpaired) electrons. The molecule has 44 valence electrons. The summed E-state index contributed by atoms with van der Waals surface area (Å²) in [6, 6.07) is 0. The van der Waals surface area contributed by atoms with E-state index in [1.165, 1.54) is 0 Å². The molecule has 0 aromatic rings. The van der Waals surface area contributed by atoms with E-state index < -0.39 is 0 Å². The summed E-state index contributed by atoms with van der Waals surface area (Å²) in [5.74, 6) is 0. The Morgan fingerprint density at radius 3 is 0.667 bits per heavy atom. The quantitative estimate of drug-likeness (QED) is 0.590. The first kappa shape index (κ1) is 115. The van der Waals surface area contributed by atoms with E-state index in [0.29, 0.717) is 19.8 Å². The van der Waals surface area contributed by atoms with Crippen LogP contribution in [-0.2, 0) is 23.2 Å². The molecular formula is H4F4OW. The molecule has 0 rings (SSSR count). The van der Waals surface area contributed by atoms with Gasteiger partial charge >= 0.3 is 23.2 Å². The second-order valence-electron chi connectivity index (χ2n) is 0. The monoisotopic (exact) mass is 280 g/mol. The van der Waals surface area contributed by atoms with Crippen LogP contribution in [0.15, 0.2) is 0 Å². The number of hydrogen-bond donors (Lipinski definition) is 0. The Hall–Kier alpha value is 0.208. The van der Waals surface area contributed by atoms with Gasteiger partial charge in [0.15, 0.2) is 0 Å². The topological polar surface area (TPSA) is 17.1 Å². The minimum atomic E-state index is 0. The van der Waals surface area contributed by atoms with Gasteiger partial charge in [0.25, 0.3) is 0 Å². The molecule has 0 unspecified atom stereocenters. The Labute approximate surface area is 42.8 Å². The molecule has 0 aliphatic rings. The number of rotatable bonds is 0. The van der Waals surface area contributed by atoms with Crippen LogP contribution in [0.4, 0.5) is 18.8 Å². The second kappa shape index (κ2) is 2130. The molecule has 0 aliphatic carbocycles. The van der Waals surface area contributed by atoms with Gasteiger partial charge in [-0.1, -0.05) is 0 Å². The fraction of sp³-hybridized carbons (Fsp3) is 0. The summed E-state index contributed by atoms with van der Waals surface area (Å²) in [5, 5.41) is 0. The third-order valence-electron chi connectivity index (χ3n) is 0. The summed E-state index contributed by atoms with van der Waals surface area (Å²) >= 11 is 0.333. The molecule has 0 aromatic heterocycles. The summed E-state index contributed by atoms with van der Waals surface area (Å²) < 4.78 is 8.33. The van der Waals surface area contributed by atoms with Crippen LogP contribution in [0.1, 0.15) is 0 Å². The van der Waals surface area contributed by atoms with Crippen molar-refractivity contribution in [2.75, 3.05) is 0 Å². The van der Waals surface area contributed by atoms with Gasteiger partial charge in [0, 0.05) is 0 Å². The van der Waals surface area contributed by atoms with E-state index in [2.05, 4.69) is 0 Å². The average Bonchev–Trinajstić information content (AvgIpc) is 1.00. The SMILES string of the molecule is F.F.F.F.[O]=[W]. The third-order valence-corrected chi connectivity index (χ3v) is 0. The standard InChI is InChI=1S/4FH.O.W/h4*1H;;. The van der Waals surface area contributed by atoms with Gasteiger partial charge in [-0.05, 0) is 0 Å². The van der Waals surface area contributed by atoms with Gasteiger partial charge in [-0.25, -0.2) is 0 Å². The van der Waals surface area contributed by atoms with Crippen molar-refractivity contribution in [1.29, 1.82) is 0 Å². The second-order valence-corrected chi connectivity index (χ2v) is 0. The van der Waals surface area contributed by atoms with E-state index in [1.807, 2.05) is 0 Å². The van der Waals surface area contributed by atoms with Crippen molar-refractivity contribution >= 4 is 0 Å². The fourth-order valence-electron chi connectivity index (χ4n) is 0. The summed E-state index contributed by atoms with van der Waals surface area (Å²) in [6.07, 6.45) is 0. The van der Waals surface area contributed by atoms with Gasteiger partial charge in [-0.15, -0.1) is 0 Å². The molecule has 0 atom stereocenters. The molecule has 1 nitrogen and oxygen atoms in total. The van der Waals surface area contributed by atoms with Gasteiger partial charge in [-0.3, -0.25) is 18.8 Å². The van der Waals surface area contributed by atoms with Crippen LogP contribution in [-0.4, -0.2) is 0 Å². The van der Waals surface area contributed by atoms with Crippen molar-refractivity contribution in [2.24, 2.45) is 0 Å². The Kier molecular flexibility index (Phi) is 40900. The van der Waals surface area contributed by atoms with E-state index in [1.54, 1.807) is 0 Å². The van der Waals surface area contributed by atoms with E-state index in [9.17, 15) is 0 Å². The van der Waals surface area contributed by atoms with Gasteiger partial charge in [0.2, 0.25) is 0 Å². The van der Waals surface area contributed by atoms with Crippen LogP contribution in [0.2, 0.25) is 0 Å². The maximum absolute atomic E-state index is 8.33. The van der Waals surface area contributed by atoms with Crippen LogP contribution in [0.5, 0.6) is 0 Å². The van der Waals surface area contributed by atoms with E-state index in [-0.39, 0.29) is 18.8 Å². The Morgan fingerprint density at radius 1 is 0.667 bits per heavy atom. The van der Waals surface area contributed by atoms with Crippen molar-refractivity contribution in [1.82, 2.24) is 0 Å². The average molecular weight is 280 g/mol. The first-order valence-corrected chi connectivity index (χ1v) is 1.36. The van der Waals surface area contributed by atoms with Crippen molar-refractivity contribution in [3.63, 3.8) is 0 Å². The molecule has 0 fully saturated rings. The van der Waals surface area contributed by atoms with Crippen LogP contribution < -0.4 is 0 Å². The summed E-state index contributed by atoms with van der Waals surface area (Å²) in [5.41, 5.74) is 0. The van der Waals surface area contributed by atoms with Gasteiger partial charge in [0.05, 0.1) is 0 Å². The van der Waals surface area contributed by atoms with Crippen LogP contribution in [0.3, 0.4) is 0 Å². The van der Waals surface area contributed by atoms with Gasteiger partial charge < -0.3 is 0 Å².